The van der Waals surface area contributed by atoms with Crippen molar-refractivity contribution < 1.29 is 0 Å². The van der Waals surface area contributed by atoms with Crippen molar-refractivity contribution in [3.05, 3.63) is 58.0 Å². The fourth-order valence-corrected chi connectivity index (χ4v) is 7.28. The summed E-state index contributed by atoms with van der Waals surface area (Å²) in [5, 5.41) is 14.1. The summed E-state index contributed by atoms with van der Waals surface area (Å²) in [6.07, 6.45) is 3.32. The topological polar surface area (TPSA) is 94.5 Å². The minimum atomic E-state index is -0.185. The number of aromatic amines is 1. The van der Waals surface area contributed by atoms with Gasteiger partial charge < -0.3 is 25.0 Å². The molecule has 196 valence electrons. The van der Waals surface area contributed by atoms with Crippen LogP contribution in [0.3, 0.4) is 0 Å². The van der Waals surface area contributed by atoms with E-state index in [1.807, 2.05) is 18.2 Å². The summed E-state index contributed by atoms with van der Waals surface area (Å²) in [5.41, 5.74) is 4.51. The fraction of sp³-hybridized carbons (Fsp3) is 0.483. The maximum atomic E-state index is 12.0. The lowest BCUT2D eigenvalue weighted by molar-refractivity contribution is 0.108. The highest BCUT2D eigenvalue weighted by Gasteiger charge is 2.39. The van der Waals surface area contributed by atoms with Crippen LogP contribution in [0.1, 0.15) is 24.5 Å². The summed E-state index contributed by atoms with van der Waals surface area (Å²) in [4.78, 5) is 29.9. The molecule has 3 aromatic rings. The third-order valence-corrected chi connectivity index (χ3v) is 9.07. The van der Waals surface area contributed by atoms with Crippen molar-refractivity contribution in [3.8, 4) is 6.07 Å². The summed E-state index contributed by atoms with van der Waals surface area (Å²) in [6.45, 7) is 11.4. The quantitative estimate of drug-likeness (QED) is 0.553. The van der Waals surface area contributed by atoms with Crippen molar-refractivity contribution >= 4 is 28.1 Å². The van der Waals surface area contributed by atoms with E-state index in [1.165, 1.54) is 17.7 Å². The van der Waals surface area contributed by atoms with Crippen molar-refractivity contribution in [1.82, 2.24) is 20.2 Å². The van der Waals surface area contributed by atoms with Crippen LogP contribution in [0.25, 0.3) is 10.9 Å². The van der Waals surface area contributed by atoms with Gasteiger partial charge >= 0.3 is 0 Å². The number of H-pyrrole nitrogens is 1. The second kappa shape index (κ2) is 9.00. The van der Waals surface area contributed by atoms with Crippen molar-refractivity contribution in [2.75, 3.05) is 60.5 Å². The number of pyridine rings is 2. The van der Waals surface area contributed by atoms with Gasteiger partial charge in [-0.25, -0.2) is 4.98 Å². The fourth-order valence-electron chi connectivity index (χ4n) is 7.28. The molecule has 4 atom stereocenters. The average molecular weight is 511 g/mol. The molecule has 4 unspecified atom stereocenters. The lowest BCUT2D eigenvalue weighted by Gasteiger charge is -2.51. The van der Waals surface area contributed by atoms with Crippen LogP contribution in [-0.2, 0) is 0 Å². The Labute approximate surface area is 222 Å². The van der Waals surface area contributed by atoms with Crippen LogP contribution in [0.15, 0.2) is 41.3 Å². The molecule has 0 radical (unpaired) electrons. The van der Waals surface area contributed by atoms with Gasteiger partial charge in [-0.05, 0) is 50.1 Å². The predicted octanol–water partition coefficient (Wildman–Crippen LogP) is 2.05. The molecule has 1 aromatic carbocycles. The van der Waals surface area contributed by atoms with E-state index in [0.29, 0.717) is 35.2 Å². The number of rotatable bonds is 3. The lowest BCUT2D eigenvalue weighted by Crippen LogP contribution is -2.65. The van der Waals surface area contributed by atoms with Crippen molar-refractivity contribution in [2.24, 2.45) is 0 Å². The lowest BCUT2D eigenvalue weighted by atomic mass is 10.0. The third-order valence-electron chi connectivity index (χ3n) is 9.07. The van der Waals surface area contributed by atoms with E-state index in [1.54, 1.807) is 6.07 Å². The largest absolute Gasteiger partial charge is 0.368 e. The second-order valence-electron chi connectivity index (χ2n) is 11.4. The van der Waals surface area contributed by atoms with Crippen LogP contribution >= 0.6 is 0 Å². The Balaban J connectivity index is 1.13. The first-order valence-corrected chi connectivity index (χ1v) is 13.8. The van der Waals surface area contributed by atoms with E-state index in [-0.39, 0.29) is 5.56 Å². The van der Waals surface area contributed by atoms with E-state index >= 15 is 0 Å². The summed E-state index contributed by atoms with van der Waals surface area (Å²) in [5.74, 6) is 1.10. The first-order valence-electron chi connectivity index (χ1n) is 13.8. The Morgan fingerprint density at radius 1 is 1.05 bits per heavy atom. The van der Waals surface area contributed by atoms with Crippen LogP contribution in [0, 0.1) is 18.3 Å². The molecule has 4 aliphatic rings. The van der Waals surface area contributed by atoms with Crippen LogP contribution in [-0.4, -0.2) is 84.8 Å². The number of hydrogen-bond acceptors (Lipinski definition) is 8. The molecule has 2 aromatic heterocycles. The molecule has 6 heterocycles. The highest BCUT2D eigenvalue weighted by atomic mass is 16.1. The average Bonchev–Trinajstić information content (AvgIpc) is 3.56. The van der Waals surface area contributed by atoms with E-state index in [0.717, 1.165) is 62.7 Å². The molecule has 4 saturated heterocycles. The molecule has 0 aliphatic carbocycles. The summed E-state index contributed by atoms with van der Waals surface area (Å²) >= 11 is 0. The standard InChI is InChI=1S/C29H34N8O/c1-18-9-22(37-15-21-10-23(37)12-31-21)13-32-29(18)34-7-8-36-19(2)14-35(17-24(36)16-34)26-5-3-20(11-30)28-25(26)4-6-27(38)33-28/h3-6,9,13,19,21,23-24,31H,7-8,10,12,14-17H2,1-2H3,(H,33,38). The number of fused-ring (bicyclic) bond motifs is 4. The van der Waals surface area contributed by atoms with Gasteiger partial charge in [-0.2, -0.15) is 5.26 Å². The van der Waals surface area contributed by atoms with Gasteiger partial charge in [0.25, 0.3) is 0 Å². The van der Waals surface area contributed by atoms with E-state index < -0.39 is 0 Å². The number of aryl methyl sites for hydroxylation is 1. The predicted molar refractivity (Wildman–Crippen MR) is 150 cm³/mol. The van der Waals surface area contributed by atoms with Gasteiger partial charge in [-0.3, -0.25) is 9.69 Å². The van der Waals surface area contributed by atoms with Crippen molar-refractivity contribution in [3.63, 3.8) is 0 Å². The summed E-state index contributed by atoms with van der Waals surface area (Å²) in [7, 11) is 0. The van der Waals surface area contributed by atoms with Gasteiger partial charge in [-0.15, -0.1) is 0 Å². The Morgan fingerprint density at radius 2 is 1.92 bits per heavy atom. The number of anilines is 3. The zero-order chi connectivity index (χ0) is 26.0. The summed E-state index contributed by atoms with van der Waals surface area (Å²) < 4.78 is 0. The van der Waals surface area contributed by atoms with Crippen LogP contribution in [0.4, 0.5) is 17.2 Å². The number of hydrogen-bond donors (Lipinski definition) is 2. The number of nitriles is 1. The van der Waals surface area contributed by atoms with Crippen LogP contribution in [0.2, 0.25) is 0 Å². The third kappa shape index (κ3) is 3.82. The highest BCUT2D eigenvalue weighted by Crippen LogP contribution is 2.34. The van der Waals surface area contributed by atoms with Crippen molar-refractivity contribution in [1.29, 1.82) is 5.26 Å². The van der Waals surface area contributed by atoms with Gasteiger partial charge in [0.2, 0.25) is 5.56 Å². The molecular formula is C29H34N8O. The van der Waals surface area contributed by atoms with E-state index in [2.05, 4.69) is 62.1 Å². The molecule has 2 bridgehead atoms. The minimum absolute atomic E-state index is 0.185. The number of aromatic nitrogens is 2. The zero-order valence-corrected chi connectivity index (χ0v) is 22.0. The number of nitrogens with one attached hydrogen (secondary N) is 2. The van der Waals surface area contributed by atoms with E-state index in [4.69, 9.17) is 4.98 Å². The van der Waals surface area contributed by atoms with Gasteiger partial charge in [-0.1, -0.05) is 0 Å². The number of benzene rings is 1. The molecular weight excluding hydrogens is 476 g/mol. The zero-order valence-electron chi connectivity index (χ0n) is 22.0. The monoisotopic (exact) mass is 510 g/mol. The second-order valence-corrected chi connectivity index (χ2v) is 11.4. The molecule has 4 aliphatic heterocycles. The Morgan fingerprint density at radius 3 is 2.68 bits per heavy atom. The molecule has 7 rings (SSSR count). The number of piperazine rings is 3. The molecule has 0 spiro atoms. The normalized spacial score (nSPS) is 27.1. The minimum Gasteiger partial charge on any atom is -0.368 e. The van der Waals surface area contributed by atoms with Gasteiger partial charge in [0.15, 0.2) is 0 Å². The first-order chi connectivity index (χ1) is 18.5. The molecule has 9 nitrogen and oxygen atoms in total. The Kier molecular flexibility index (Phi) is 5.57. The van der Waals surface area contributed by atoms with Gasteiger partial charge in [0.1, 0.15) is 11.9 Å². The van der Waals surface area contributed by atoms with E-state index in [9.17, 15) is 10.1 Å². The SMILES string of the molecule is Cc1cc(N2CC3CC2CN3)cnc1N1CCN2C(C)CN(c3ccc(C#N)c4[nH]c(=O)ccc34)CC2C1. The molecule has 0 amide bonds. The van der Waals surface area contributed by atoms with Crippen molar-refractivity contribution in [2.45, 2.75) is 44.4 Å². The summed E-state index contributed by atoms with van der Waals surface area (Å²) in [6, 6.07) is 13.8. The van der Waals surface area contributed by atoms with Crippen LogP contribution in [0.5, 0.6) is 0 Å². The highest BCUT2D eigenvalue weighted by molar-refractivity contribution is 5.95. The maximum Gasteiger partial charge on any atom is 0.248 e. The smallest absolute Gasteiger partial charge is 0.248 e. The van der Waals surface area contributed by atoms with Gasteiger partial charge in [0, 0.05) is 87.1 Å². The molecule has 38 heavy (non-hydrogen) atoms. The first kappa shape index (κ1) is 23.5. The molecule has 4 fully saturated rings. The van der Waals surface area contributed by atoms with Crippen LogP contribution < -0.4 is 25.6 Å². The maximum absolute atomic E-state index is 12.0. The molecule has 9 heteroatoms. The molecule has 0 saturated carbocycles. The van der Waals surface area contributed by atoms with Gasteiger partial charge in [0.05, 0.1) is 23.0 Å². The number of nitrogens with zero attached hydrogens (tertiary/aromatic N) is 6. The Hall–Kier alpha value is -3.61. The Bertz CT molecular complexity index is 1490. The molecule has 2 N–H and O–H groups in total.